The van der Waals surface area contributed by atoms with Crippen molar-refractivity contribution in [1.29, 1.82) is 0 Å². The lowest BCUT2D eigenvalue weighted by Gasteiger charge is -2.44. The summed E-state index contributed by atoms with van der Waals surface area (Å²) in [5, 5.41) is 12.6. The Kier molecular flexibility index (Phi) is 5.05. The fourth-order valence-corrected chi connectivity index (χ4v) is 4.81. The van der Waals surface area contributed by atoms with Crippen LogP contribution in [0.25, 0.3) is 5.69 Å². The number of hydrogen-bond acceptors (Lipinski definition) is 8. The zero-order valence-electron chi connectivity index (χ0n) is 18.6. The monoisotopic (exact) mass is 453 g/mol. The average molecular weight is 453 g/mol. The summed E-state index contributed by atoms with van der Waals surface area (Å²) >= 11 is 0. The van der Waals surface area contributed by atoms with Crippen molar-refractivity contribution in [2.45, 2.75) is 12.5 Å². The van der Waals surface area contributed by atoms with Crippen molar-refractivity contribution in [3.8, 4) is 28.7 Å². The number of quaternary nitrogens is 1. The number of nitrogens with two attached hydrogens (primary N) is 1. The smallest absolute Gasteiger partial charge is 0.272 e. The van der Waals surface area contributed by atoms with Gasteiger partial charge in [-0.1, -0.05) is 0 Å². The molecule has 2 aliphatic rings. The first kappa shape index (κ1) is 21.0. The molecule has 0 aliphatic carbocycles. The van der Waals surface area contributed by atoms with E-state index in [1.165, 1.54) is 0 Å². The van der Waals surface area contributed by atoms with Crippen LogP contribution in [0, 0.1) is 0 Å². The van der Waals surface area contributed by atoms with Gasteiger partial charge in [0.05, 0.1) is 39.1 Å². The maximum atomic E-state index is 12.1. The van der Waals surface area contributed by atoms with Gasteiger partial charge in [0, 0.05) is 6.42 Å². The number of benzene rings is 2. The molecule has 2 N–H and O–H groups in total. The molecule has 11 nitrogen and oxygen atoms in total. The maximum Gasteiger partial charge on any atom is 0.272 e. The molecule has 33 heavy (non-hydrogen) atoms. The molecule has 0 saturated heterocycles. The molecule has 2 aromatic carbocycles. The molecule has 3 aromatic rings. The number of ether oxygens (including phenoxy) is 4. The van der Waals surface area contributed by atoms with Crippen LogP contribution in [0.4, 0.5) is 0 Å². The lowest BCUT2D eigenvalue weighted by molar-refractivity contribution is -0.929. The predicted octanol–water partition coefficient (Wildman–Crippen LogP) is 0.986. The Morgan fingerprint density at radius 2 is 2.03 bits per heavy atom. The number of carbonyl (C=O) groups excluding carboxylic acids is 1. The maximum absolute atomic E-state index is 12.1. The third-order valence-electron chi connectivity index (χ3n) is 6.31. The Balaban J connectivity index is 1.73. The summed E-state index contributed by atoms with van der Waals surface area (Å²) in [6.07, 6.45) is 0.701. The molecule has 11 heteroatoms. The second-order valence-electron chi connectivity index (χ2n) is 8.34. The van der Waals surface area contributed by atoms with Gasteiger partial charge in [0.15, 0.2) is 24.1 Å². The molecule has 1 aromatic heterocycles. The number of primary amides is 1. The summed E-state index contributed by atoms with van der Waals surface area (Å²) < 4.78 is 24.4. The van der Waals surface area contributed by atoms with Crippen molar-refractivity contribution in [2.75, 3.05) is 41.1 Å². The minimum Gasteiger partial charge on any atom is -0.497 e. The van der Waals surface area contributed by atoms with Crippen LogP contribution in [0.15, 0.2) is 30.3 Å². The van der Waals surface area contributed by atoms with Crippen LogP contribution in [-0.2, 0) is 11.2 Å². The predicted molar refractivity (Wildman–Crippen MR) is 115 cm³/mol. The van der Waals surface area contributed by atoms with E-state index in [-0.39, 0.29) is 17.8 Å². The molecule has 0 radical (unpaired) electrons. The average Bonchev–Trinajstić information content (AvgIpc) is 3.46. The van der Waals surface area contributed by atoms with Crippen LogP contribution in [0.2, 0.25) is 0 Å². The molecular weight excluding hydrogens is 428 g/mol. The van der Waals surface area contributed by atoms with Gasteiger partial charge in [0.2, 0.25) is 18.4 Å². The van der Waals surface area contributed by atoms with Crippen LogP contribution in [0.1, 0.15) is 23.0 Å². The number of tetrazole rings is 1. The number of rotatable bonds is 6. The number of amides is 1. The van der Waals surface area contributed by atoms with Gasteiger partial charge >= 0.3 is 0 Å². The molecule has 2 atom stereocenters. The summed E-state index contributed by atoms with van der Waals surface area (Å²) in [6, 6.07) is 8.96. The second-order valence-corrected chi connectivity index (χ2v) is 8.34. The molecule has 1 amide bonds. The van der Waals surface area contributed by atoms with E-state index in [0.29, 0.717) is 36.0 Å². The third kappa shape index (κ3) is 3.41. The quantitative estimate of drug-likeness (QED) is 0.548. The lowest BCUT2D eigenvalue weighted by atomic mass is 9.88. The highest BCUT2D eigenvalue weighted by Gasteiger charge is 2.48. The van der Waals surface area contributed by atoms with E-state index in [1.807, 2.05) is 37.4 Å². The number of fused-ring (bicyclic) bond motifs is 2. The van der Waals surface area contributed by atoms with Crippen LogP contribution in [-0.4, -0.2) is 71.7 Å². The molecule has 5 rings (SSSR count). The minimum absolute atomic E-state index is 0.108. The number of carbonyl (C=O) groups is 1. The van der Waals surface area contributed by atoms with Crippen molar-refractivity contribution in [3.05, 3.63) is 47.3 Å². The number of hydrogen-bond donors (Lipinski definition) is 1. The first-order valence-corrected chi connectivity index (χ1v) is 10.5. The zero-order valence-corrected chi connectivity index (χ0v) is 18.6. The van der Waals surface area contributed by atoms with Gasteiger partial charge in [-0.15, -0.1) is 5.10 Å². The van der Waals surface area contributed by atoms with Gasteiger partial charge in [-0.2, -0.15) is 4.68 Å². The van der Waals surface area contributed by atoms with Gasteiger partial charge in [-0.05, 0) is 46.3 Å². The molecule has 0 spiro atoms. The Morgan fingerprint density at radius 1 is 1.24 bits per heavy atom. The van der Waals surface area contributed by atoms with E-state index < -0.39 is 11.9 Å². The molecular formula is C22H25N6O5+. The molecule has 0 bridgehead atoms. The molecule has 1 unspecified atom stereocenters. The van der Waals surface area contributed by atoms with Gasteiger partial charge in [0.1, 0.15) is 5.75 Å². The van der Waals surface area contributed by atoms with E-state index in [4.69, 9.17) is 24.7 Å². The Bertz CT molecular complexity index is 1210. The first-order valence-electron chi connectivity index (χ1n) is 10.5. The van der Waals surface area contributed by atoms with Crippen molar-refractivity contribution in [3.63, 3.8) is 0 Å². The van der Waals surface area contributed by atoms with Crippen LogP contribution in [0.5, 0.6) is 23.0 Å². The fraction of sp³-hybridized carbons (Fsp3) is 0.364. The van der Waals surface area contributed by atoms with Crippen LogP contribution >= 0.6 is 0 Å². The highest BCUT2D eigenvalue weighted by atomic mass is 16.7. The van der Waals surface area contributed by atoms with Gasteiger partial charge in [-0.3, -0.25) is 4.79 Å². The molecule has 172 valence electrons. The Hall–Kier alpha value is -3.86. The normalized spacial score (nSPS) is 20.9. The van der Waals surface area contributed by atoms with E-state index in [2.05, 4.69) is 15.5 Å². The third-order valence-corrected chi connectivity index (χ3v) is 6.31. The van der Waals surface area contributed by atoms with Crippen LogP contribution < -0.4 is 24.7 Å². The van der Waals surface area contributed by atoms with E-state index in [0.717, 1.165) is 22.6 Å². The largest absolute Gasteiger partial charge is 0.497 e. The Morgan fingerprint density at radius 3 is 2.73 bits per heavy atom. The van der Waals surface area contributed by atoms with E-state index in [9.17, 15) is 4.79 Å². The number of nitrogens with zero attached hydrogens (tertiary/aromatic N) is 5. The highest BCUT2D eigenvalue weighted by Crippen LogP contribution is 2.52. The molecule has 0 fully saturated rings. The first-order chi connectivity index (χ1) is 15.9. The SMILES string of the molecule is COc1ccc(-n2nnnc2[C@@H]2c3c(cc4c(c3OC)OCO4)CC[N+]2(C)CC(N)=O)cc1. The number of likely N-dealkylation sites (N-methyl/N-ethyl adjacent to an activating group) is 1. The molecule has 2 aliphatic heterocycles. The second kappa shape index (κ2) is 7.93. The topological polar surface area (TPSA) is 124 Å². The summed E-state index contributed by atoms with van der Waals surface area (Å²) in [6.45, 7) is 0.881. The fourth-order valence-electron chi connectivity index (χ4n) is 4.81. The zero-order chi connectivity index (χ0) is 23.2. The van der Waals surface area contributed by atoms with Crippen molar-refractivity contribution in [1.82, 2.24) is 20.2 Å². The summed E-state index contributed by atoms with van der Waals surface area (Å²) in [7, 11) is 5.18. The lowest BCUT2D eigenvalue weighted by Crippen LogP contribution is -2.56. The summed E-state index contributed by atoms with van der Waals surface area (Å²) in [5.74, 6) is 2.61. The highest BCUT2D eigenvalue weighted by molar-refractivity contribution is 5.75. The summed E-state index contributed by atoms with van der Waals surface area (Å²) in [5.41, 5.74) is 8.34. The van der Waals surface area contributed by atoms with Crippen molar-refractivity contribution >= 4 is 5.91 Å². The van der Waals surface area contributed by atoms with Crippen LogP contribution in [0.3, 0.4) is 0 Å². The minimum atomic E-state index is -0.442. The van der Waals surface area contributed by atoms with Gasteiger partial charge in [-0.25, -0.2) is 0 Å². The van der Waals surface area contributed by atoms with Crippen molar-refractivity contribution < 1.29 is 28.2 Å². The van der Waals surface area contributed by atoms with E-state index >= 15 is 0 Å². The number of aromatic nitrogens is 4. The molecule has 3 heterocycles. The van der Waals surface area contributed by atoms with Gasteiger partial charge in [0.25, 0.3) is 5.91 Å². The van der Waals surface area contributed by atoms with Crippen molar-refractivity contribution in [2.24, 2.45) is 5.73 Å². The van der Waals surface area contributed by atoms with E-state index in [1.54, 1.807) is 18.9 Å². The van der Waals surface area contributed by atoms with Gasteiger partial charge < -0.3 is 29.2 Å². The molecule has 0 saturated carbocycles. The number of methoxy groups -OCH3 is 2. The standard InChI is InChI=1S/C22H24N6O5/c1-28(11-17(23)29)9-8-13-10-16-20(33-12-32-16)21(31-3)18(13)19(28)22-24-25-26-27(22)14-4-6-15(30-2)7-5-14/h4-7,10,19H,8-9,11-12H2,1-3H3,(H-,23,29)/p+1/t19-,28?/m0/s1. The Labute approximate surface area is 190 Å². The summed E-state index contributed by atoms with van der Waals surface area (Å²) in [4.78, 5) is 12.1.